The number of carbonyl (C=O) groups is 1. The van der Waals surface area contributed by atoms with Gasteiger partial charge in [0, 0.05) is 36.5 Å². The summed E-state index contributed by atoms with van der Waals surface area (Å²) in [5, 5.41) is 3.22. The Balaban J connectivity index is 1.61. The predicted octanol–water partition coefficient (Wildman–Crippen LogP) is 4.19. The molecule has 0 bridgehead atoms. The van der Waals surface area contributed by atoms with Crippen LogP contribution in [0.25, 0.3) is 11.0 Å². The molecular weight excluding hydrogens is 461 g/mol. The molecule has 0 radical (unpaired) electrons. The molecule has 0 unspecified atom stereocenters. The summed E-state index contributed by atoms with van der Waals surface area (Å²) >= 11 is 6.00. The van der Waals surface area contributed by atoms with E-state index in [1.165, 1.54) is 19.2 Å². The molecule has 33 heavy (non-hydrogen) atoms. The number of H-pyrrole nitrogens is 1. The highest BCUT2D eigenvalue weighted by Gasteiger charge is 2.36. The third-order valence-electron chi connectivity index (χ3n) is 5.35. The first-order valence-corrected chi connectivity index (χ1v) is 10.6. The molecule has 0 saturated carbocycles. The number of rotatable bonds is 6. The molecule has 7 nitrogen and oxygen atoms in total. The zero-order valence-corrected chi connectivity index (χ0v) is 18.5. The number of halogens is 4. The van der Waals surface area contributed by atoms with Gasteiger partial charge >= 0.3 is 6.18 Å². The standard InChI is InChI=1S/C22H22ClF3N4O3/c1-32-12-18(20-27-16-4-3-14(23)11-17(16)28-20)29-21(31)13-2-5-19(15(10-13)22(24,25)26)30-6-8-33-9-7-30/h2-5,10-11,18H,6-9,12H2,1H3,(H,27,28)(H,29,31)/t18-/m0/s1. The van der Waals surface area contributed by atoms with Gasteiger partial charge in [0.05, 0.1) is 36.4 Å². The largest absolute Gasteiger partial charge is 0.418 e. The Hall–Kier alpha value is -2.82. The van der Waals surface area contributed by atoms with Crippen molar-refractivity contribution >= 4 is 34.2 Å². The zero-order valence-electron chi connectivity index (χ0n) is 17.7. The van der Waals surface area contributed by atoms with Gasteiger partial charge < -0.3 is 24.7 Å². The van der Waals surface area contributed by atoms with Crippen molar-refractivity contribution in [3.05, 3.63) is 58.4 Å². The van der Waals surface area contributed by atoms with Gasteiger partial charge in [0.15, 0.2) is 0 Å². The number of methoxy groups -OCH3 is 1. The molecule has 1 fully saturated rings. The SMILES string of the molecule is COC[C@H](NC(=O)c1ccc(N2CCOCC2)c(C(F)(F)F)c1)c1nc2cc(Cl)ccc2[nH]1. The maximum Gasteiger partial charge on any atom is 0.418 e. The summed E-state index contributed by atoms with van der Waals surface area (Å²) in [5.74, 6) is -0.266. The lowest BCUT2D eigenvalue weighted by molar-refractivity contribution is -0.137. The average Bonchev–Trinajstić information content (AvgIpc) is 3.21. The quantitative estimate of drug-likeness (QED) is 0.551. The molecule has 1 aliphatic heterocycles. The van der Waals surface area contributed by atoms with E-state index in [2.05, 4.69) is 15.3 Å². The highest BCUT2D eigenvalue weighted by molar-refractivity contribution is 6.31. The van der Waals surface area contributed by atoms with Gasteiger partial charge in [0.1, 0.15) is 11.9 Å². The van der Waals surface area contributed by atoms with Crippen LogP contribution in [0.15, 0.2) is 36.4 Å². The van der Waals surface area contributed by atoms with Crippen LogP contribution in [0.2, 0.25) is 5.02 Å². The van der Waals surface area contributed by atoms with Crippen LogP contribution in [0, 0.1) is 0 Å². The van der Waals surface area contributed by atoms with Crippen LogP contribution in [0.5, 0.6) is 0 Å². The Bertz CT molecular complexity index is 1150. The molecule has 0 aliphatic carbocycles. The number of carbonyl (C=O) groups excluding carboxylic acids is 1. The highest BCUT2D eigenvalue weighted by Crippen LogP contribution is 2.37. The molecule has 1 aliphatic rings. The van der Waals surface area contributed by atoms with E-state index < -0.39 is 23.7 Å². The summed E-state index contributed by atoms with van der Waals surface area (Å²) in [5.41, 5.74) is 0.365. The fraction of sp³-hybridized carbons (Fsp3) is 0.364. The lowest BCUT2D eigenvalue weighted by atomic mass is 10.1. The van der Waals surface area contributed by atoms with Crippen LogP contribution in [0.1, 0.15) is 27.8 Å². The zero-order chi connectivity index (χ0) is 23.6. The molecule has 2 heterocycles. The third-order valence-corrected chi connectivity index (χ3v) is 5.58. The Morgan fingerprint density at radius 3 is 2.73 bits per heavy atom. The van der Waals surface area contributed by atoms with Crippen molar-refractivity contribution in [2.45, 2.75) is 12.2 Å². The lowest BCUT2D eigenvalue weighted by Gasteiger charge is -2.31. The van der Waals surface area contributed by atoms with Crippen molar-refractivity contribution in [2.75, 3.05) is 44.9 Å². The van der Waals surface area contributed by atoms with Crippen LogP contribution in [0.3, 0.4) is 0 Å². The van der Waals surface area contributed by atoms with Gasteiger partial charge in [-0.25, -0.2) is 4.98 Å². The number of anilines is 1. The number of nitrogens with zero attached hydrogens (tertiary/aromatic N) is 2. The molecule has 176 valence electrons. The van der Waals surface area contributed by atoms with E-state index in [4.69, 9.17) is 21.1 Å². The number of nitrogens with one attached hydrogen (secondary N) is 2. The first kappa shape index (κ1) is 23.3. The molecule has 0 spiro atoms. The fourth-order valence-corrected chi connectivity index (χ4v) is 3.91. The molecule has 11 heteroatoms. The molecule has 4 rings (SSSR count). The fourth-order valence-electron chi connectivity index (χ4n) is 3.75. The minimum absolute atomic E-state index is 0.0324. The minimum atomic E-state index is -4.62. The number of aromatic nitrogens is 2. The topological polar surface area (TPSA) is 79.5 Å². The Labute approximate surface area is 192 Å². The maximum atomic E-state index is 13.8. The average molecular weight is 483 g/mol. The Morgan fingerprint density at radius 2 is 2.03 bits per heavy atom. The lowest BCUT2D eigenvalue weighted by Crippen LogP contribution is -2.37. The number of hydrogen-bond donors (Lipinski definition) is 2. The number of benzene rings is 2. The number of fused-ring (bicyclic) bond motifs is 1. The monoisotopic (exact) mass is 482 g/mol. The van der Waals surface area contributed by atoms with E-state index in [1.807, 2.05) is 0 Å². The summed E-state index contributed by atoms with van der Waals surface area (Å²) in [6.07, 6.45) is -4.62. The van der Waals surface area contributed by atoms with Crippen molar-refractivity contribution in [3.63, 3.8) is 0 Å². The molecule has 3 aromatic rings. The number of hydrogen-bond acceptors (Lipinski definition) is 5. The summed E-state index contributed by atoms with van der Waals surface area (Å²) in [6.45, 7) is 1.46. The van der Waals surface area contributed by atoms with Gasteiger partial charge in [0.2, 0.25) is 0 Å². The van der Waals surface area contributed by atoms with Crippen LogP contribution in [-0.2, 0) is 15.7 Å². The summed E-state index contributed by atoms with van der Waals surface area (Å²) in [4.78, 5) is 22.0. The summed E-state index contributed by atoms with van der Waals surface area (Å²) in [6, 6.07) is 8.01. The minimum Gasteiger partial charge on any atom is -0.382 e. The van der Waals surface area contributed by atoms with Crippen molar-refractivity contribution in [1.29, 1.82) is 0 Å². The molecule has 2 aromatic carbocycles. The number of aromatic amines is 1. The van der Waals surface area contributed by atoms with Gasteiger partial charge in [0.25, 0.3) is 5.91 Å². The van der Waals surface area contributed by atoms with E-state index in [-0.39, 0.29) is 17.9 Å². The summed E-state index contributed by atoms with van der Waals surface area (Å²) in [7, 11) is 1.46. The van der Waals surface area contributed by atoms with E-state index in [1.54, 1.807) is 23.1 Å². The first-order valence-electron chi connectivity index (χ1n) is 10.2. The normalized spacial score (nSPS) is 15.6. The van der Waals surface area contributed by atoms with Crippen LogP contribution < -0.4 is 10.2 Å². The number of ether oxygens (including phenoxy) is 2. The van der Waals surface area contributed by atoms with Gasteiger partial charge in [-0.1, -0.05) is 11.6 Å². The second-order valence-corrected chi connectivity index (χ2v) is 8.03. The molecule has 1 saturated heterocycles. The molecule has 2 N–H and O–H groups in total. The van der Waals surface area contributed by atoms with Crippen molar-refractivity contribution in [3.8, 4) is 0 Å². The van der Waals surface area contributed by atoms with Crippen molar-refractivity contribution in [1.82, 2.24) is 15.3 Å². The van der Waals surface area contributed by atoms with Crippen LogP contribution in [0.4, 0.5) is 18.9 Å². The third kappa shape index (κ3) is 5.23. The van der Waals surface area contributed by atoms with E-state index in [0.29, 0.717) is 48.2 Å². The van der Waals surface area contributed by atoms with Gasteiger partial charge in [-0.05, 0) is 36.4 Å². The van der Waals surface area contributed by atoms with E-state index in [9.17, 15) is 18.0 Å². The Kier molecular flexibility index (Phi) is 6.78. The predicted molar refractivity (Wildman–Crippen MR) is 118 cm³/mol. The molecule has 1 atom stereocenters. The number of morpholine rings is 1. The van der Waals surface area contributed by atoms with Crippen molar-refractivity contribution < 1.29 is 27.4 Å². The van der Waals surface area contributed by atoms with Crippen LogP contribution in [-0.4, -0.2) is 55.9 Å². The molecular formula is C22H22ClF3N4O3. The van der Waals surface area contributed by atoms with Crippen molar-refractivity contribution in [2.24, 2.45) is 0 Å². The number of alkyl halides is 3. The number of amides is 1. The Morgan fingerprint density at radius 1 is 1.27 bits per heavy atom. The first-order chi connectivity index (χ1) is 15.8. The molecule has 1 aromatic heterocycles. The molecule has 1 amide bonds. The second-order valence-electron chi connectivity index (χ2n) is 7.59. The maximum absolute atomic E-state index is 13.8. The smallest absolute Gasteiger partial charge is 0.382 e. The second kappa shape index (κ2) is 9.58. The van der Waals surface area contributed by atoms with E-state index >= 15 is 0 Å². The van der Waals surface area contributed by atoms with Crippen LogP contribution >= 0.6 is 11.6 Å². The van der Waals surface area contributed by atoms with Gasteiger partial charge in [-0.2, -0.15) is 13.2 Å². The highest BCUT2D eigenvalue weighted by atomic mass is 35.5. The summed E-state index contributed by atoms with van der Waals surface area (Å²) < 4.78 is 51.9. The number of imidazole rings is 1. The van der Waals surface area contributed by atoms with Gasteiger partial charge in [-0.15, -0.1) is 0 Å². The van der Waals surface area contributed by atoms with E-state index in [0.717, 1.165) is 6.07 Å². The van der Waals surface area contributed by atoms with Gasteiger partial charge in [-0.3, -0.25) is 4.79 Å².